The van der Waals surface area contributed by atoms with Gasteiger partial charge in [0.15, 0.2) is 0 Å². The molecule has 0 radical (unpaired) electrons. The van der Waals surface area contributed by atoms with Crippen LogP contribution in [0.3, 0.4) is 0 Å². The lowest BCUT2D eigenvalue weighted by molar-refractivity contribution is 0.118. The summed E-state index contributed by atoms with van der Waals surface area (Å²) in [5.74, 6) is 0.804. The van der Waals surface area contributed by atoms with Crippen molar-refractivity contribution in [2.45, 2.75) is 20.8 Å². The van der Waals surface area contributed by atoms with Crippen molar-refractivity contribution in [3.63, 3.8) is 0 Å². The quantitative estimate of drug-likeness (QED) is 0.726. The summed E-state index contributed by atoms with van der Waals surface area (Å²) < 4.78 is 5.22. The molecule has 0 saturated heterocycles. The number of aromatic amines is 1. The zero-order valence-corrected chi connectivity index (χ0v) is 14.1. The molecule has 0 aliphatic rings. The van der Waals surface area contributed by atoms with E-state index in [4.69, 9.17) is 4.74 Å². The number of fused-ring (bicyclic) bond motifs is 1. The molecule has 2 aromatic carbocycles. The minimum atomic E-state index is -0.455. The Morgan fingerprint density at radius 1 is 1.17 bits per heavy atom. The highest BCUT2D eigenvalue weighted by molar-refractivity contribution is 5.89. The zero-order chi connectivity index (χ0) is 17.2. The Morgan fingerprint density at radius 3 is 2.62 bits per heavy atom. The monoisotopic (exact) mass is 323 g/mol. The van der Waals surface area contributed by atoms with Gasteiger partial charge in [0.2, 0.25) is 0 Å². The van der Waals surface area contributed by atoms with Crippen molar-refractivity contribution < 1.29 is 9.53 Å². The van der Waals surface area contributed by atoms with Crippen molar-refractivity contribution in [1.82, 2.24) is 9.97 Å². The lowest BCUT2D eigenvalue weighted by Gasteiger charge is -2.17. The molecule has 0 aliphatic carbocycles. The predicted molar refractivity (Wildman–Crippen MR) is 96.0 cm³/mol. The molecule has 5 heteroatoms. The molecule has 0 atom stereocenters. The molecule has 1 heterocycles. The average Bonchev–Trinajstić information content (AvgIpc) is 2.96. The van der Waals surface area contributed by atoms with E-state index >= 15 is 0 Å². The van der Waals surface area contributed by atoms with E-state index in [-0.39, 0.29) is 5.41 Å². The Balaban J connectivity index is 1.75. The van der Waals surface area contributed by atoms with Crippen LogP contribution in [-0.4, -0.2) is 22.7 Å². The first-order valence-corrected chi connectivity index (χ1v) is 7.90. The van der Waals surface area contributed by atoms with Crippen LogP contribution >= 0.6 is 0 Å². The van der Waals surface area contributed by atoms with Gasteiger partial charge in [-0.1, -0.05) is 51.1 Å². The van der Waals surface area contributed by atoms with Crippen molar-refractivity contribution in [2.75, 3.05) is 11.9 Å². The number of hydrogen-bond donors (Lipinski definition) is 2. The summed E-state index contributed by atoms with van der Waals surface area (Å²) in [4.78, 5) is 19.7. The lowest BCUT2D eigenvalue weighted by atomic mass is 9.99. The fourth-order valence-electron chi connectivity index (χ4n) is 2.25. The second-order valence-electron chi connectivity index (χ2n) is 6.95. The minimum absolute atomic E-state index is 0.0614. The third kappa shape index (κ3) is 3.93. The van der Waals surface area contributed by atoms with E-state index in [1.165, 1.54) is 0 Å². The highest BCUT2D eigenvalue weighted by Gasteiger charge is 2.14. The first-order valence-electron chi connectivity index (χ1n) is 7.90. The first-order chi connectivity index (χ1) is 11.4. The Kier molecular flexibility index (Phi) is 4.25. The van der Waals surface area contributed by atoms with Crippen molar-refractivity contribution in [3.8, 4) is 11.4 Å². The molecule has 3 aromatic rings. The number of imidazole rings is 1. The van der Waals surface area contributed by atoms with Crippen LogP contribution in [0.2, 0.25) is 0 Å². The van der Waals surface area contributed by atoms with Crippen LogP contribution in [0.15, 0.2) is 48.5 Å². The molecule has 2 N–H and O–H groups in total. The molecule has 0 aliphatic heterocycles. The molecular weight excluding hydrogens is 302 g/mol. The molecule has 0 unspecified atom stereocenters. The number of nitrogens with one attached hydrogen (secondary N) is 2. The Hall–Kier alpha value is -2.82. The van der Waals surface area contributed by atoms with Crippen molar-refractivity contribution in [2.24, 2.45) is 5.41 Å². The lowest BCUT2D eigenvalue weighted by Crippen LogP contribution is -2.21. The van der Waals surface area contributed by atoms with Crippen LogP contribution in [0.25, 0.3) is 22.4 Å². The molecule has 24 heavy (non-hydrogen) atoms. The van der Waals surface area contributed by atoms with Crippen LogP contribution in [0.1, 0.15) is 20.8 Å². The Morgan fingerprint density at radius 2 is 1.92 bits per heavy atom. The average molecular weight is 323 g/mol. The Labute approximate surface area is 141 Å². The predicted octanol–water partition coefficient (Wildman–Crippen LogP) is 4.82. The fourth-order valence-corrected chi connectivity index (χ4v) is 2.25. The molecule has 3 rings (SSSR count). The highest BCUT2D eigenvalue weighted by atomic mass is 16.5. The molecule has 0 spiro atoms. The second-order valence-corrected chi connectivity index (χ2v) is 6.95. The maximum absolute atomic E-state index is 11.9. The van der Waals surface area contributed by atoms with Gasteiger partial charge in [-0.25, -0.2) is 9.78 Å². The molecule has 5 nitrogen and oxygen atoms in total. The van der Waals surface area contributed by atoms with Crippen molar-refractivity contribution in [3.05, 3.63) is 48.5 Å². The highest BCUT2D eigenvalue weighted by Crippen LogP contribution is 2.23. The number of hydrogen-bond acceptors (Lipinski definition) is 3. The number of anilines is 1. The number of benzene rings is 2. The van der Waals surface area contributed by atoms with E-state index in [0.29, 0.717) is 12.3 Å². The molecule has 0 fully saturated rings. The summed E-state index contributed by atoms with van der Waals surface area (Å²) in [5.41, 5.74) is 3.33. The summed E-state index contributed by atoms with van der Waals surface area (Å²) >= 11 is 0. The molecule has 0 saturated carbocycles. The summed E-state index contributed by atoms with van der Waals surface area (Å²) in [7, 11) is 0. The van der Waals surface area contributed by atoms with Gasteiger partial charge in [0.05, 0.1) is 17.6 Å². The van der Waals surface area contributed by atoms with Crippen molar-refractivity contribution in [1.29, 1.82) is 0 Å². The first kappa shape index (κ1) is 16.1. The van der Waals surface area contributed by atoms with E-state index < -0.39 is 6.09 Å². The minimum Gasteiger partial charge on any atom is -0.449 e. The molecule has 1 aromatic heterocycles. The van der Waals surface area contributed by atoms with Gasteiger partial charge in [0.1, 0.15) is 5.82 Å². The number of nitrogens with zero attached hydrogens (tertiary/aromatic N) is 1. The zero-order valence-electron chi connectivity index (χ0n) is 14.1. The SMILES string of the molecule is CC(C)(C)COC(=O)Nc1ccc2[nH]c(-c3ccccc3)nc2c1. The third-order valence-corrected chi connectivity index (χ3v) is 3.41. The molecule has 0 bridgehead atoms. The normalized spacial score (nSPS) is 11.5. The topological polar surface area (TPSA) is 67.0 Å². The van der Waals surface area contributed by atoms with Gasteiger partial charge in [-0.05, 0) is 23.6 Å². The van der Waals surface area contributed by atoms with Crippen molar-refractivity contribution >= 4 is 22.8 Å². The van der Waals surface area contributed by atoms with Gasteiger partial charge in [-0.3, -0.25) is 5.32 Å². The van der Waals surface area contributed by atoms with E-state index in [2.05, 4.69) is 15.3 Å². The van der Waals surface area contributed by atoms with E-state index in [0.717, 1.165) is 22.4 Å². The maximum atomic E-state index is 11.9. The number of carbonyl (C=O) groups excluding carboxylic acids is 1. The largest absolute Gasteiger partial charge is 0.449 e. The summed E-state index contributed by atoms with van der Waals surface area (Å²) in [6, 6.07) is 15.5. The number of aromatic nitrogens is 2. The number of ether oxygens (including phenoxy) is 1. The van der Waals surface area contributed by atoms with Crippen LogP contribution in [0, 0.1) is 5.41 Å². The number of carbonyl (C=O) groups is 1. The summed E-state index contributed by atoms with van der Waals surface area (Å²) in [6.07, 6.45) is -0.455. The van der Waals surface area contributed by atoms with E-state index in [1.54, 1.807) is 0 Å². The van der Waals surface area contributed by atoms with E-state index in [1.807, 2.05) is 69.3 Å². The molecular formula is C19H21N3O2. The number of H-pyrrole nitrogens is 1. The maximum Gasteiger partial charge on any atom is 0.411 e. The third-order valence-electron chi connectivity index (χ3n) is 3.41. The van der Waals surface area contributed by atoms with E-state index in [9.17, 15) is 4.79 Å². The van der Waals surface area contributed by atoms with Gasteiger partial charge in [0, 0.05) is 11.3 Å². The summed E-state index contributed by atoms with van der Waals surface area (Å²) in [5, 5.41) is 2.74. The standard InChI is InChI=1S/C19H21N3O2/c1-19(2,3)12-24-18(23)20-14-9-10-15-16(11-14)22-17(21-15)13-7-5-4-6-8-13/h4-11H,12H2,1-3H3,(H,20,23)(H,21,22). The summed E-state index contributed by atoms with van der Waals surface area (Å²) in [6.45, 7) is 6.41. The van der Waals surface area contributed by atoms with Crippen LogP contribution in [0.5, 0.6) is 0 Å². The smallest absolute Gasteiger partial charge is 0.411 e. The van der Waals surface area contributed by atoms with Crippen LogP contribution in [0.4, 0.5) is 10.5 Å². The molecule has 1 amide bonds. The fraction of sp³-hybridized carbons (Fsp3) is 0.263. The number of amides is 1. The van der Waals surface area contributed by atoms with Gasteiger partial charge in [-0.2, -0.15) is 0 Å². The van der Waals surface area contributed by atoms with Crippen LogP contribution in [-0.2, 0) is 4.74 Å². The van der Waals surface area contributed by atoms with Gasteiger partial charge in [-0.15, -0.1) is 0 Å². The van der Waals surface area contributed by atoms with Gasteiger partial charge in [0.25, 0.3) is 0 Å². The van der Waals surface area contributed by atoms with Gasteiger partial charge >= 0.3 is 6.09 Å². The second kappa shape index (κ2) is 6.35. The number of rotatable bonds is 3. The Bertz CT molecular complexity index is 848. The van der Waals surface area contributed by atoms with Gasteiger partial charge < -0.3 is 9.72 Å². The van der Waals surface area contributed by atoms with Crippen LogP contribution < -0.4 is 5.32 Å². The molecule has 124 valence electrons.